The molecule has 2 heterocycles. The second-order valence-electron chi connectivity index (χ2n) is 9.11. The van der Waals surface area contributed by atoms with Crippen molar-refractivity contribution < 1.29 is 23.7 Å². The van der Waals surface area contributed by atoms with E-state index in [9.17, 15) is 4.79 Å². The highest BCUT2D eigenvalue weighted by atomic mass is 16.7. The van der Waals surface area contributed by atoms with Gasteiger partial charge < -0.3 is 34.5 Å². The molecule has 0 aromatic heterocycles. The Kier molecular flexibility index (Phi) is 5.70. The van der Waals surface area contributed by atoms with Crippen LogP contribution in [0.1, 0.15) is 31.2 Å². The Morgan fingerprint density at radius 2 is 1.88 bits per heavy atom. The Morgan fingerprint density at radius 3 is 2.70 bits per heavy atom. The van der Waals surface area contributed by atoms with Gasteiger partial charge in [-0.05, 0) is 69.1 Å². The Hall–Kier alpha value is -3.13. The van der Waals surface area contributed by atoms with Crippen molar-refractivity contribution in [1.82, 2.24) is 10.2 Å². The van der Waals surface area contributed by atoms with E-state index in [2.05, 4.69) is 34.7 Å². The van der Waals surface area contributed by atoms with Gasteiger partial charge in [0, 0.05) is 29.3 Å². The number of nitrogens with zero attached hydrogens (tertiary/aromatic N) is 1. The predicted molar refractivity (Wildman–Crippen MR) is 125 cm³/mol. The van der Waals surface area contributed by atoms with Crippen molar-refractivity contribution >= 4 is 11.7 Å². The maximum atomic E-state index is 12.7. The van der Waals surface area contributed by atoms with Crippen LogP contribution < -0.4 is 29.6 Å². The number of methoxy groups -OCH3 is 2. The first kappa shape index (κ1) is 21.7. The Balaban J connectivity index is 1.28. The lowest BCUT2D eigenvalue weighted by Gasteiger charge is -2.45. The molecule has 2 amide bonds. The molecule has 2 aliphatic heterocycles. The largest absolute Gasteiger partial charge is 0.493 e. The molecule has 0 spiro atoms. The first-order valence-corrected chi connectivity index (χ1v) is 11.4. The van der Waals surface area contributed by atoms with Gasteiger partial charge in [0.2, 0.25) is 6.79 Å². The number of amides is 2. The molecule has 1 saturated heterocycles. The molecule has 0 bridgehead atoms. The summed E-state index contributed by atoms with van der Waals surface area (Å²) in [5.74, 6) is 2.86. The number of anilines is 1. The molecule has 3 aliphatic rings. The molecule has 2 aromatic rings. The molecule has 0 radical (unpaired) electrons. The third-order valence-electron chi connectivity index (χ3n) is 7.45. The van der Waals surface area contributed by atoms with Gasteiger partial charge in [0.05, 0.1) is 14.2 Å². The number of likely N-dealkylation sites (N-methyl/N-ethyl adjacent to an activating group) is 1. The van der Waals surface area contributed by atoms with Crippen LogP contribution in [0.5, 0.6) is 23.0 Å². The topological polar surface area (TPSA) is 81.3 Å². The Labute approximate surface area is 194 Å². The number of fused-ring (bicyclic) bond motifs is 2. The average Bonchev–Trinajstić information content (AvgIpc) is 3.43. The highest BCUT2D eigenvalue weighted by Crippen LogP contribution is 2.49. The molecular weight excluding hydrogens is 422 g/mol. The van der Waals surface area contributed by atoms with Gasteiger partial charge in [-0.3, -0.25) is 0 Å². The van der Waals surface area contributed by atoms with Crippen LogP contribution >= 0.6 is 0 Å². The van der Waals surface area contributed by atoms with E-state index in [0.29, 0.717) is 23.2 Å². The van der Waals surface area contributed by atoms with E-state index in [1.165, 1.54) is 5.56 Å². The molecule has 176 valence electrons. The normalized spacial score (nSPS) is 25.9. The standard InChI is InChI=1S/C25H31N3O5/c1-28-11-10-25(16-4-6-19(30-2)21(12-16)31-3)9-8-18(14-23(25)28)27-24(29)26-17-5-7-20-22(13-17)33-15-32-20/h4-7,12-13,18,23H,8-11,14-15H2,1-3H3,(H2,26,27,29)/t18-,23+,25-/m0/s1. The van der Waals surface area contributed by atoms with E-state index in [1.54, 1.807) is 20.3 Å². The summed E-state index contributed by atoms with van der Waals surface area (Å²) in [6.07, 6.45) is 3.93. The fraction of sp³-hybridized carbons (Fsp3) is 0.480. The summed E-state index contributed by atoms with van der Waals surface area (Å²) in [6.45, 7) is 1.25. The third kappa shape index (κ3) is 3.93. The number of likely N-dealkylation sites (tertiary alicyclic amines) is 1. The summed E-state index contributed by atoms with van der Waals surface area (Å²) in [5, 5.41) is 6.11. The number of hydrogen-bond donors (Lipinski definition) is 2. The van der Waals surface area contributed by atoms with Crippen LogP contribution in [0, 0.1) is 0 Å². The molecule has 1 saturated carbocycles. The number of benzene rings is 2. The maximum Gasteiger partial charge on any atom is 0.319 e. The summed E-state index contributed by atoms with van der Waals surface area (Å²) in [6, 6.07) is 12.0. The SMILES string of the molecule is COc1ccc([C@@]23CC[C@H](NC(=O)Nc4ccc5c(c4)OCO5)C[C@H]2N(C)CC3)cc1OC. The van der Waals surface area contributed by atoms with E-state index in [-0.39, 0.29) is 24.3 Å². The fourth-order valence-electron chi connectivity index (χ4n) is 5.72. The highest BCUT2D eigenvalue weighted by molar-refractivity contribution is 5.89. The Bertz CT molecular complexity index is 1040. The minimum atomic E-state index is -0.196. The van der Waals surface area contributed by atoms with Gasteiger partial charge in [-0.25, -0.2) is 4.79 Å². The average molecular weight is 454 g/mol. The Morgan fingerprint density at radius 1 is 1.06 bits per heavy atom. The van der Waals surface area contributed by atoms with Crippen LogP contribution in [0.15, 0.2) is 36.4 Å². The van der Waals surface area contributed by atoms with Gasteiger partial charge in [0.1, 0.15) is 0 Å². The zero-order valence-electron chi connectivity index (χ0n) is 19.3. The summed E-state index contributed by atoms with van der Waals surface area (Å²) in [5.41, 5.74) is 2.03. The molecule has 33 heavy (non-hydrogen) atoms. The summed E-state index contributed by atoms with van der Waals surface area (Å²) < 4.78 is 21.7. The monoisotopic (exact) mass is 453 g/mol. The zero-order valence-corrected chi connectivity index (χ0v) is 19.3. The van der Waals surface area contributed by atoms with E-state index < -0.39 is 0 Å². The second kappa shape index (κ2) is 8.67. The van der Waals surface area contributed by atoms with E-state index in [4.69, 9.17) is 18.9 Å². The third-order valence-corrected chi connectivity index (χ3v) is 7.45. The van der Waals surface area contributed by atoms with Gasteiger partial charge in [-0.2, -0.15) is 0 Å². The number of nitrogens with one attached hydrogen (secondary N) is 2. The molecule has 1 aliphatic carbocycles. The van der Waals surface area contributed by atoms with E-state index in [1.807, 2.05) is 18.2 Å². The van der Waals surface area contributed by atoms with Crippen molar-refractivity contribution in [2.24, 2.45) is 0 Å². The smallest absolute Gasteiger partial charge is 0.319 e. The summed E-state index contributed by atoms with van der Waals surface area (Å²) >= 11 is 0. The molecule has 2 N–H and O–H groups in total. The van der Waals surface area contributed by atoms with Crippen molar-refractivity contribution in [3.8, 4) is 23.0 Å². The first-order chi connectivity index (χ1) is 16.0. The van der Waals surface area contributed by atoms with Crippen LogP contribution in [-0.4, -0.2) is 57.6 Å². The molecule has 2 fully saturated rings. The molecule has 2 aromatic carbocycles. The minimum absolute atomic E-state index is 0.0558. The van der Waals surface area contributed by atoms with Crippen molar-refractivity contribution in [2.75, 3.05) is 39.9 Å². The first-order valence-electron chi connectivity index (χ1n) is 11.4. The van der Waals surface area contributed by atoms with Gasteiger partial charge >= 0.3 is 6.03 Å². The van der Waals surface area contributed by atoms with Crippen LogP contribution in [0.2, 0.25) is 0 Å². The minimum Gasteiger partial charge on any atom is -0.493 e. The van der Waals surface area contributed by atoms with Crippen LogP contribution in [0.3, 0.4) is 0 Å². The van der Waals surface area contributed by atoms with E-state index in [0.717, 1.165) is 43.7 Å². The van der Waals surface area contributed by atoms with Crippen LogP contribution in [0.25, 0.3) is 0 Å². The number of ether oxygens (including phenoxy) is 4. The van der Waals surface area contributed by atoms with Crippen molar-refractivity contribution in [3.05, 3.63) is 42.0 Å². The predicted octanol–water partition coefficient (Wildman–Crippen LogP) is 3.75. The van der Waals surface area contributed by atoms with Crippen molar-refractivity contribution in [3.63, 3.8) is 0 Å². The fourth-order valence-corrected chi connectivity index (χ4v) is 5.72. The lowest BCUT2D eigenvalue weighted by atomic mass is 9.65. The lowest BCUT2D eigenvalue weighted by Crippen LogP contribution is -2.52. The highest BCUT2D eigenvalue weighted by Gasteiger charge is 2.50. The molecule has 3 atom stereocenters. The molecular formula is C25H31N3O5. The number of carbonyl (C=O) groups excluding carboxylic acids is 1. The number of urea groups is 1. The maximum absolute atomic E-state index is 12.7. The number of rotatable bonds is 5. The lowest BCUT2D eigenvalue weighted by molar-refractivity contribution is 0.156. The second-order valence-corrected chi connectivity index (χ2v) is 9.11. The summed E-state index contributed by atoms with van der Waals surface area (Å²) in [7, 11) is 5.52. The van der Waals surface area contributed by atoms with Gasteiger partial charge in [0.15, 0.2) is 23.0 Å². The van der Waals surface area contributed by atoms with Crippen LogP contribution in [0.4, 0.5) is 10.5 Å². The van der Waals surface area contributed by atoms with Gasteiger partial charge in [-0.1, -0.05) is 6.07 Å². The van der Waals surface area contributed by atoms with E-state index >= 15 is 0 Å². The quantitative estimate of drug-likeness (QED) is 0.718. The number of carbonyl (C=O) groups is 1. The summed E-state index contributed by atoms with van der Waals surface area (Å²) in [4.78, 5) is 15.2. The molecule has 0 unspecified atom stereocenters. The van der Waals surface area contributed by atoms with Gasteiger partial charge in [-0.15, -0.1) is 0 Å². The van der Waals surface area contributed by atoms with Crippen molar-refractivity contribution in [1.29, 1.82) is 0 Å². The molecule has 5 rings (SSSR count). The zero-order chi connectivity index (χ0) is 23.0. The van der Waals surface area contributed by atoms with Gasteiger partial charge in [0.25, 0.3) is 0 Å². The van der Waals surface area contributed by atoms with Crippen molar-refractivity contribution in [2.45, 2.75) is 43.2 Å². The molecule has 8 nitrogen and oxygen atoms in total. The van der Waals surface area contributed by atoms with Crippen LogP contribution in [-0.2, 0) is 5.41 Å². The molecule has 8 heteroatoms. The number of hydrogen-bond acceptors (Lipinski definition) is 6.